The minimum Gasteiger partial charge on any atom is -0.311 e. The van der Waals surface area contributed by atoms with Crippen molar-refractivity contribution in [3.63, 3.8) is 0 Å². The first-order valence-electron chi connectivity index (χ1n) is 22.2. The summed E-state index contributed by atoms with van der Waals surface area (Å²) in [7, 11) is 0. The standard InChI is InChI=1S/C62H46N4/c1-7-19-51(20-8-1)59-43-49(33-31-47-35-39-57(40-36-47)65(53-23-11-3-12-24-53)54-25-13-4-14-26-54)45-61(63-59)62-46-50(44-60(64-62)52-21-9-2-10-22-52)34-32-48-37-41-58(42-38-48)66(55-27-15-5-16-28-55)56-29-17-6-18-30-56/h1-46H/b33-31+,34-32+. The summed E-state index contributed by atoms with van der Waals surface area (Å²) in [5.41, 5.74) is 16.3. The number of hydrogen-bond acceptors (Lipinski definition) is 4. The molecule has 0 amide bonds. The summed E-state index contributed by atoms with van der Waals surface area (Å²) in [6.45, 7) is 0. The Hall–Kier alpha value is -8.86. The van der Waals surface area contributed by atoms with Crippen LogP contribution in [0.5, 0.6) is 0 Å². The van der Waals surface area contributed by atoms with E-state index < -0.39 is 0 Å². The van der Waals surface area contributed by atoms with Crippen molar-refractivity contribution in [1.29, 1.82) is 0 Å². The number of hydrogen-bond donors (Lipinski definition) is 0. The first-order valence-corrected chi connectivity index (χ1v) is 22.2. The van der Waals surface area contributed by atoms with Crippen LogP contribution in [-0.4, -0.2) is 9.97 Å². The van der Waals surface area contributed by atoms with Gasteiger partial charge in [-0.3, -0.25) is 0 Å². The van der Waals surface area contributed by atoms with Gasteiger partial charge >= 0.3 is 0 Å². The molecule has 66 heavy (non-hydrogen) atoms. The van der Waals surface area contributed by atoms with Gasteiger partial charge in [-0.1, -0.05) is 182 Å². The summed E-state index contributed by atoms with van der Waals surface area (Å²) in [5.74, 6) is 0. The highest BCUT2D eigenvalue weighted by molar-refractivity contribution is 5.82. The maximum absolute atomic E-state index is 5.26. The Morgan fingerprint density at radius 2 is 0.470 bits per heavy atom. The number of nitrogens with zero attached hydrogens (tertiary/aromatic N) is 4. The number of para-hydroxylation sites is 4. The van der Waals surface area contributed by atoms with Crippen molar-refractivity contribution in [2.24, 2.45) is 0 Å². The van der Waals surface area contributed by atoms with Gasteiger partial charge in [0.15, 0.2) is 0 Å². The molecule has 0 fully saturated rings. The Kier molecular flexibility index (Phi) is 12.3. The highest BCUT2D eigenvalue weighted by Gasteiger charge is 2.14. The molecule has 0 saturated carbocycles. The highest BCUT2D eigenvalue weighted by Crippen LogP contribution is 2.36. The summed E-state index contributed by atoms with van der Waals surface area (Å²) in [6, 6.07) is 88.6. The van der Waals surface area contributed by atoms with Crippen molar-refractivity contribution >= 4 is 58.4 Å². The molecular weight excluding hydrogens is 801 g/mol. The number of rotatable bonds is 13. The van der Waals surface area contributed by atoms with Crippen LogP contribution in [0.3, 0.4) is 0 Å². The van der Waals surface area contributed by atoms with Crippen molar-refractivity contribution < 1.29 is 0 Å². The van der Waals surface area contributed by atoms with Crippen LogP contribution >= 0.6 is 0 Å². The Labute approximate surface area is 387 Å². The van der Waals surface area contributed by atoms with Crippen molar-refractivity contribution in [2.75, 3.05) is 9.80 Å². The minimum atomic E-state index is 0.798. The second-order valence-corrected chi connectivity index (χ2v) is 15.9. The summed E-state index contributed by atoms with van der Waals surface area (Å²) in [4.78, 5) is 15.1. The summed E-state index contributed by atoms with van der Waals surface area (Å²) in [6.07, 6.45) is 8.67. The normalized spacial score (nSPS) is 11.2. The largest absolute Gasteiger partial charge is 0.311 e. The molecule has 0 aliphatic heterocycles. The Morgan fingerprint density at radius 1 is 0.227 bits per heavy atom. The van der Waals surface area contributed by atoms with Gasteiger partial charge in [0.2, 0.25) is 0 Å². The smallest absolute Gasteiger partial charge is 0.0900 e. The SMILES string of the molecule is C(=C\c1cc(-c2ccccc2)nc(-c2cc(/C=C/c3ccc(N(c4ccccc4)c4ccccc4)cc3)cc(-c3ccccc3)n2)c1)/c1ccc(N(c2ccccc2)c2ccccc2)cc1. The molecule has 0 atom stereocenters. The second-order valence-electron chi connectivity index (χ2n) is 15.9. The number of benzene rings is 8. The summed E-state index contributed by atoms with van der Waals surface area (Å²) >= 11 is 0. The average molecular weight is 847 g/mol. The molecule has 10 rings (SSSR count). The maximum Gasteiger partial charge on any atom is 0.0900 e. The van der Waals surface area contributed by atoms with Gasteiger partial charge in [0.1, 0.15) is 0 Å². The predicted molar refractivity (Wildman–Crippen MR) is 278 cm³/mol. The maximum atomic E-state index is 5.26. The molecule has 0 unspecified atom stereocenters. The van der Waals surface area contributed by atoms with Crippen LogP contribution in [0.4, 0.5) is 34.1 Å². The van der Waals surface area contributed by atoms with Gasteiger partial charge < -0.3 is 9.80 Å². The highest BCUT2D eigenvalue weighted by atomic mass is 15.1. The number of aromatic nitrogens is 2. The number of anilines is 6. The molecule has 4 heteroatoms. The van der Waals surface area contributed by atoms with Crippen molar-refractivity contribution in [3.05, 3.63) is 277 Å². The van der Waals surface area contributed by atoms with Gasteiger partial charge in [0.05, 0.1) is 22.8 Å². The Bertz CT molecular complexity index is 2890. The van der Waals surface area contributed by atoms with Crippen molar-refractivity contribution in [2.45, 2.75) is 0 Å². The molecule has 0 bridgehead atoms. The van der Waals surface area contributed by atoms with Crippen LogP contribution in [0.1, 0.15) is 22.3 Å². The molecule has 0 N–H and O–H groups in total. The fourth-order valence-corrected chi connectivity index (χ4v) is 8.13. The first-order chi connectivity index (χ1) is 32.7. The topological polar surface area (TPSA) is 32.3 Å². The molecular formula is C62H46N4. The van der Waals surface area contributed by atoms with Crippen LogP contribution in [0.2, 0.25) is 0 Å². The van der Waals surface area contributed by atoms with Gasteiger partial charge in [-0.15, -0.1) is 0 Å². The lowest BCUT2D eigenvalue weighted by Crippen LogP contribution is -2.09. The molecule has 0 radical (unpaired) electrons. The van der Waals surface area contributed by atoms with Crippen LogP contribution < -0.4 is 9.80 Å². The van der Waals surface area contributed by atoms with Gasteiger partial charge in [0.25, 0.3) is 0 Å². The summed E-state index contributed by atoms with van der Waals surface area (Å²) in [5, 5.41) is 0. The van der Waals surface area contributed by atoms with Gasteiger partial charge in [-0.2, -0.15) is 0 Å². The van der Waals surface area contributed by atoms with E-state index in [1.54, 1.807) is 0 Å². The zero-order valence-corrected chi connectivity index (χ0v) is 36.3. The molecule has 0 aliphatic rings. The molecule has 0 spiro atoms. The zero-order chi connectivity index (χ0) is 44.3. The van der Waals surface area contributed by atoms with E-state index in [-0.39, 0.29) is 0 Å². The van der Waals surface area contributed by atoms with Crippen molar-refractivity contribution in [1.82, 2.24) is 9.97 Å². The van der Waals surface area contributed by atoms with E-state index in [0.717, 1.165) is 90.3 Å². The number of pyridine rings is 2. The summed E-state index contributed by atoms with van der Waals surface area (Å²) < 4.78 is 0. The molecule has 4 nitrogen and oxygen atoms in total. The fraction of sp³-hybridized carbons (Fsp3) is 0. The predicted octanol–water partition coefficient (Wildman–Crippen LogP) is 16.8. The van der Waals surface area contributed by atoms with Crippen LogP contribution in [0, 0.1) is 0 Å². The third-order valence-corrected chi connectivity index (χ3v) is 11.4. The lowest BCUT2D eigenvalue weighted by atomic mass is 10.0. The van der Waals surface area contributed by atoms with Gasteiger partial charge in [-0.05, 0) is 119 Å². The average Bonchev–Trinajstić information content (AvgIpc) is 3.40. The molecule has 10 aromatic rings. The third-order valence-electron chi connectivity index (χ3n) is 11.4. The first kappa shape index (κ1) is 41.2. The molecule has 314 valence electrons. The van der Waals surface area contributed by atoms with Gasteiger partial charge in [0, 0.05) is 45.3 Å². The zero-order valence-electron chi connectivity index (χ0n) is 36.3. The van der Waals surface area contributed by atoms with E-state index in [9.17, 15) is 0 Å². The van der Waals surface area contributed by atoms with E-state index in [4.69, 9.17) is 9.97 Å². The Morgan fingerprint density at radius 3 is 0.773 bits per heavy atom. The third kappa shape index (κ3) is 9.69. The van der Waals surface area contributed by atoms with Crippen LogP contribution in [-0.2, 0) is 0 Å². The molecule has 0 aliphatic carbocycles. The molecule has 2 aromatic heterocycles. The quantitative estimate of drug-likeness (QED) is 0.116. The second kappa shape index (κ2) is 19.7. The lowest BCUT2D eigenvalue weighted by Gasteiger charge is -2.25. The minimum absolute atomic E-state index is 0.798. The molecule has 2 heterocycles. The van der Waals surface area contributed by atoms with E-state index in [2.05, 4.69) is 252 Å². The Balaban J connectivity index is 0.981. The van der Waals surface area contributed by atoms with E-state index >= 15 is 0 Å². The van der Waals surface area contributed by atoms with E-state index in [0.29, 0.717) is 0 Å². The van der Waals surface area contributed by atoms with Gasteiger partial charge in [-0.25, -0.2) is 9.97 Å². The lowest BCUT2D eigenvalue weighted by molar-refractivity contribution is 1.24. The van der Waals surface area contributed by atoms with E-state index in [1.165, 1.54) is 0 Å². The molecule has 0 saturated heterocycles. The van der Waals surface area contributed by atoms with Crippen molar-refractivity contribution in [3.8, 4) is 33.9 Å². The van der Waals surface area contributed by atoms with Crippen LogP contribution in [0.15, 0.2) is 255 Å². The fourth-order valence-electron chi connectivity index (χ4n) is 8.13. The molecule has 8 aromatic carbocycles. The van der Waals surface area contributed by atoms with E-state index in [1.807, 2.05) is 36.4 Å². The monoisotopic (exact) mass is 846 g/mol. The van der Waals surface area contributed by atoms with Crippen LogP contribution in [0.25, 0.3) is 58.2 Å².